The monoisotopic (exact) mass is 504 g/mol. The molecule has 3 aromatic rings. The van der Waals surface area contributed by atoms with Crippen LogP contribution >= 0.6 is 34.5 Å². The number of alkyl halides is 3. The normalized spacial score (nSPS) is 14.7. The molecule has 3 amide bonds. The highest BCUT2D eigenvalue weighted by atomic mass is 35.5. The molecule has 2 aromatic carbocycles. The van der Waals surface area contributed by atoms with Gasteiger partial charge >= 0.3 is 12.4 Å². The van der Waals surface area contributed by atoms with Crippen LogP contribution in [0.2, 0.25) is 10.0 Å². The summed E-state index contributed by atoms with van der Waals surface area (Å²) in [6, 6.07) is 7.92. The van der Waals surface area contributed by atoms with Crippen molar-refractivity contribution in [3.05, 3.63) is 46.4 Å². The second-order valence-electron chi connectivity index (χ2n) is 6.69. The molecule has 0 bridgehead atoms. The molecule has 0 spiro atoms. The number of thiazole rings is 1. The lowest BCUT2D eigenvalue weighted by Gasteiger charge is -2.34. The number of urea groups is 1. The summed E-state index contributed by atoms with van der Waals surface area (Å²) in [5, 5.41) is 3.53. The molecule has 0 unspecified atom stereocenters. The van der Waals surface area contributed by atoms with Crippen molar-refractivity contribution in [2.24, 2.45) is 0 Å². The van der Waals surface area contributed by atoms with Gasteiger partial charge in [-0.3, -0.25) is 10.1 Å². The van der Waals surface area contributed by atoms with E-state index in [9.17, 15) is 22.8 Å². The third kappa shape index (κ3) is 5.00. The number of amides is 3. The number of rotatable bonds is 3. The number of piperazine rings is 1. The van der Waals surface area contributed by atoms with E-state index >= 15 is 0 Å². The molecule has 32 heavy (non-hydrogen) atoms. The van der Waals surface area contributed by atoms with Crippen LogP contribution in [0.5, 0.6) is 5.75 Å². The Bertz CT molecular complexity index is 1200. The van der Waals surface area contributed by atoms with Gasteiger partial charge in [-0.2, -0.15) is 0 Å². The summed E-state index contributed by atoms with van der Waals surface area (Å²) < 4.78 is 41.5. The number of anilines is 2. The van der Waals surface area contributed by atoms with Gasteiger partial charge in [0.05, 0.1) is 20.9 Å². The molecule has 1 aliphatic heterocycles. The van der Waals surface area contributed by atoms with Gasteiger partial charge in [-0.1, -0.05) is 34.5 Å². The van der Waals surface area contributed by atoms with Crippen molar-refractivity contribution in [3.8, 4) is 5.75 Å². The Labute approximate surface area is 193 Å². The number of benzene rings is 2. The second kappa shape index (κ2) is 8.64. The van der Waals surface area contributed by atoms with Crippen molar-refractivity contribution in [2.45, 2.75) is 6.36 Å². The van der Waals surface area contributed by atoms with Crippen molar-refractivity contribution in [3.63, 3.8) is 0 Å². The van der Waals surface area contributed by atoms with Crippen molar-refractivity contribution in [1.29, 1.82) is 0 Å². The van der Waals surface area contributed by atoms with Crippen LogP contribution in [0.1, 0.15) is 0 Å². The Morgan fingerprint density at radius 2 is 1.94 bits per heavy atom. The van der Waals surface area contributed by atoms with Crippen molar-refractivity contribution < 1.29 is 27.5 Å². The van der Waals surface area contributed by atoms with Crippen LogP contribution in [0.25, 0.3) is 10.2 Å². The van der Waals surface area contributed by atoms with Crippen molar-refractivity contribution in [2.75, 3.05) is 29.9 Å². The predicted molar refractivity (Wildman–Crippen MR) is 116 cm³/mol. The Balaban J connectivity index is 1.42. The fraction of sp³-hybridized carbons (Fsp3) is 0.211. The van der Waals surface area contributed by atoms with Gasteiger partial charge in [-0.15, -0.1) is 13.2 Å². The van der Waals surface area contributed by atoms with E-state index in [-0.39, 0.29) is 36.4 Å². The van der Waals surface area contributed by atoms with Crippen LogP contribution in [0, 0.1) is 0 Å². The Morgan fingerprint density at radius 1 is 1.16 bits per heavy atom. The largest absolute Gasteiger partial charge is 0.573 e. The topological polar surface area (TPSA) is 74.8 Å². The fourth-order valence-corrected chi connectivity index (χ4v) is 4.52. The first-order chi connectivity index (χ1) is 15.1. The molecule has 0 saturated carbocycles. The van der Waals surface area contributed by atoms with Crippen molar-refractivity contribution >= 4 is 67.5 Å². The fourth-order valence-electron chi connectivity index (χ4n) is 3.13. The number of fused-ring (bicyclic) bond motifs is 1. The summed E-state index contributed by atoms with van der Waals surface area (Å²) >= 11 is 13.0. The van der Waals surface area contributed by atoms with Gasteiger partial charge < -0.3 is 14.5 Å². The van der Waals surface area contributed by atoms with Gasteiger partial charge in [0.15, 0.2) is 5.13 Å². The number of carbonyl (C=O) groups excluding carboxylic acids is 2. The average Bonchev–Trinajstić information content (AvgIpc) is 3.08. The first-order valence-electron chi connectivity index (χ1n) is 9.07. The maximum atomic E-state index is 12.6. The number of halogens is 5. The second-order valence-corrected chi connectivity index (χ2v) is 8.56. The molecule has 1 N–H and O–H groups in total. The minimum atomic E-state index is -4.81. The summed E-state index contributed by atoms with van der Waals surface area (Å²) in [6.07, 6.45) is -4.81. The Kier molecular flexibility index (Phi) is 6.06. The van der Waals surface area contributed by atoms with Gasteiger partial charge in [0.2, 0.25) is 5.91 Å². The lowest BCUT2D eigenvalue weighted by atomic mass is 10.2. The van der Waals surface area contributed by atoms with Gasteiger partial charge in [-0.05, 0) is 30.3 Å². The van der Waals surface area contributed by atoms with Gasteiger partial charge in [0, 0.05) is 24.2 Å². The maximum absolute atomic E-state index is 12.6. The van der Waals surface area contributed by atoms with E-state index in [1.54, 1.807) is 12.1 Å². The molecular weight excluding hydrogens is 492 g/mol. The Hall–Kier alpha value is -2.76. The lowest BCUT2D eigenvalue weighted by Crippen LogP contribution is -2.53. The highest BCUT2D eigenvalue weighted by Crippen LogP contribution is 2.32. The summed E-state index contributed by atoms with van der Waals surface area (Å²) in [5.41, 5.74) is 0.905. The summed E-state index contributed by atoms with van der Waals surface area (Å²) in [6.45, 7) is 0.288. The molecule has 1 aliphatic rings. The molecule has 0 atom stereocenters. The number of aromatic nitrogens is 1. The van der Waals surface area contributed by atoms with Crippen LogP contribution in [-0.2, 0) is 4.79 Å². The van der Waals surface area contributed by atoms with Crippen molar-refractivity contribution in [1.82, 2.24) is 9.88 Å². The van der Waals surface area contributed by atoms with Gasteiger partial charge in [0.25, 0.3) is 0 Å². The number of carbonyl (C=O) groups is 2. The molecule has 2 heterocycles. The van der Waals surface area contributed by atoms with Crippen LogP contribution in [0.15, 0.2) is 36.4 Å². The maximum Gasteiger partial charge on any atom is 0.573 e. The third-order valence-electron chi connectivity index (χ3n) is 4.52. The smallest absolute Gasteiger partial charge is 0.406 e. The van der Waals surface area contributed by atoms with E-state index in [1.807, 2.05) is 0 Å². The van der Waals surface area contributed by atoms with Gasteiger partial charge in [-0.25, -0.2) is 9.78 Å². The molecule has 4 rings (SSSR count). The zero-order chi connectivity index (χ0) is 23.0. The number of nitrogens with one attached hydrogen (secondary N) is 1. The highest BCUT2D eigenvalue weighted by Gasteiger charge is 2.32. The summed E-state index contributed by atoms with van der Waals surface area (Å²) in [4.78, 5) is 32.1. The van der Waals surface area contributed by atoms with E-state index in [4.69, 9.17) is 23.2 Å². The summed E-state index contributed by atoms with van der Waals surface area (Å²) in [7, 11) is 0. The third-order valence-corrected chi connectivity index (χ3v) is 5.99. The van der Waals surface area contributed by atoms with E-state index < -0.39 is 12.4 Å². The number of hydrogen-bond donors (Lipinski definition) is 1. The average molecular weight is 505 g/mol. The molecule has 168 valence electrons. The molecule has 0 aliphatic carbocycles. The minimum absolute atomic E-state index is 0.181. The number of hydrogen-bond acceptors (Lipinski definition) is 5. The summed E-state index contributed by atoms with van der Waals surface area (Å²) in [5.74, 6) is -0.706. The standard InChI is InChI=1S/C19H13Cl2F3N4O3S/c20-10-1-4-14(12(21)7-10)28-6-5-27(9-16(28)29)18(30)26-17-25-13-3-2-11(8-15(13)32-17)31-19(22,23)24/h1-4,7-8H,5-6,9H2,(H,25,26,30). The first kappa shape index (κ1) is 22.4. The quantitative estimate of drug-likeness (QED) is 0.519. The predicted octanol–water partition coefficient (Wildman–Crippen LogP) is 5.38. The van der Waals surface area contributed by atoms with Crippen LogP contribution in [-0.4, -0.2) is 47.8 Å². The van der Waals surface area contributed by atoms with E-state index in [0.29, 0.717) is 25.9 Å². The molecule has 7 nitrogen and oxygen atoms in total. The van der Waals surface area contributed by atoms with Crippen LogP contribution < -0.4 is 15.0 Å². The highest BCUT2D eigenvalue weighted by molar-refractivity contribution is 7.22. The number of nitrogens with zero attached hydrogens (tertiary/aromatic N) is 3. The van der Waals surface area contributed by atoms with Crippen LogP contribution in [0.4, 0.5) is 28.8 Å². The molecule has 13 heteroatoms. The zero-order valence-electron chi connectivity index (χ0n) is 15.9. The van der Waals surface area contributed by atoms with E-state index in [2.05, 4.69) is 15.0 Å². The zero-order valence-corrected chi connectivity index (χ0v) is 18.3. The molecular formula is C19H13Cl2F3N4O3S. The van der Waals surface area contributed by atoms with E-state index in [1.165, 1.54) is 28.0 Å². The number of ether oxygens (including phenoxy) is 1. The minimum Gasteiger partial charge on any atom is -0.406 e. The molecule has 1 fully saturated rings. The first-order valence-corrected chi connectivity index (χ1v) is 10.6. The lowest BCUT2D eigenvalue weighted by molar-refractivity contribution is -0.274. The molecule has 1 aromatic heterocycles. The van der Waals surface area contributed by atoms with E-state index in [0.717, 1.165) is 17.4 Å². The SMILES string of the molecule is O=C(Nc1nc2ccc(OC(F)(F)F)cc2s1)N1CCN(c2ccc(Cl)cc2Cl)C(=O)C1. The van der Waals surface area contributed by atoms with Crippen LogP contribution in [0.3, 0.4) is 0 Å². The van der Waals surface area contributed by atoms with Gasteiger partial charge in [0.1, 0.15) is 12.3 Å². The molecule has 1 saturated heterocycles. The Morgan fingerprint density at radius 3 is 2.62 bits per heavy atom. The molecule has 0 radical (unpaired) electrons.